The number of carbonyl (C=O) groups is 2. The smallest absolute Gasteiger partial charge is 0.274 e. The number of hydrogen-bond acceptors (Lipinski definition) is 4. The number of fused-ring (bicyclic) bond motifs is 3. The Morgan fingerprint density at radius 1 is 1.25 bits per heavy atom. The van der Waals surface area contributed by atoms with E-state index in [1.807, 2.05) is 11.5 Å². The van der Waals surface area contributed by atoms with Crippen LogP contribution in [0.3, 0.4) is 0 Å². The molecule has 0 aliphatic carbocycles. The number of rotatable bonds is 4. The van der Waals surface area contributed by atoms with Gasteiger partial charge in [-0.1, -0.05) is 6.07 Å². The van der Waals surface area contributed by atoms with Crippen molar-refractivity contribution in [1.29, 1.82) is 0 Å². The number of carbonyl (C=O) groups excluding carboxylic acids is 2. The molecule has 0 fully saturated rings. The molecule has 4 heterocycles. The van der Waals surface area contributed by atoms with Gasteiger partial charge in [0, 0.05) is 29.8 Å². The quantitative estimate of drug-likeness (QED) is 0.514. The highest BCUT2D eigenvalue weighted by molar-refractivity contribution is 6.04. The van der Waals surface area contributed by atoms with Gasteiger partial charge in [0.1, 0.15) is 28.7 Å². The molecule has 3 aromatic heterocycles. The third-order valence-electron chi connectivity index (χ3n) is 5.39. The summed E-state index contributed by atoms with van der Waals surface area (Å²) in [4.78, 5) is 29.4. The second-order valence-electron chi connectivity index (χ2n) is 7.68. The van der Waals surface area contributed by atoms with Crippen molar-refractivity contribution in [2.45, 2.75) is 19.5 Å². The topological polar surface area (TPSA) is 93.8 Å². The van der Waals surface area contributed by atoms with Crippen molar-refractivity contribution in [2.24, 2.45) is 0 Å². The molecular weight excluding hydrogens is 418 g/mol. The van der Waals surface area contributed by atoms with E-state index in [0.717, 1.165) is 11.5 Å². The zero-order chi connectivity index (χ0) is 22.4. The van der Waals surface area contributed by atoms with Crippen LogP contribution in [-0.4, -0.2) is 37.7 Å². The largest absolute Gasteiger partial charge is 0.349 e. The van der Waals surface area contributed by atoms with Crippen LogP contribution in [0, 0.1) is 11.6 Å². The summed E-state index contributed by atoms with van der Waals surface area (Å²) in [5.41, 5.74) is 1.95. The highest BCUT2D eigenvalue weighted by atomic mass is 19.1. The van der Waals surface area contributed by atoms with Crippen LogP contribution in [0.2, 0.25) is 0 Å². The van der Waals surface area contributed by atoms with E-state index in [1.165, 1.54) is 23.0 Å². The van der Waals surface area contributed by atoms with Crippen LogP contribution in [0.4, 0.5) is 14.5 Å². The molecule has 0 saturated carbocycles. The van der Waals surface area contributed by atoms with Crippen LogP contribution in [0.15, 0.2) is 48.8 Å². The van der Waals surface area contributed by atoms with Crippen LogP contribution >= 0.6 is 0 Å². The van der Waals surface area contributed by atoms with Gasteiger partial charge >= 0.3 is 0 Å². The third kappa shape index (κ3) is 3.49. The highest BCUT2D eigenvalue weighted by Gasteiger charge is 2.25. The standard InChI is InChI=1S/C22H18F2N6O2/c1-12-8-25-22(32)19-6-13-3-5-18(28-20(13)30(12)19)21(31)27-16-9-26-29(11-16)10-14-2-4-15(23)7-17(14)24/h2-7,9,11-12H,8,10H2,1H3,(H,25,32)(H,27,31)/t12-/m1/s1. The van der Waals surface area contributed by atoms with Gasteiger partial charge in [-0.05, 0) is 31.2 Å². The van der Waals surface area contributed by atoms with E-state index in [4.69, 9.17) is 0 Å². The van der Waals surface area contributed by atoms with E-state index < -0.39 is 17.5 Å². The number of aromatic nitrogens is 4. The third-order valence-corrected chi connectivity index (χ3v) is 5.39. The molecule has 8 nitrogen and oxygen atoms in total. The molecular formula is C22H18F2N6O2. The van der Waals surface area contributed by atoms with Crippen molar-refractivity contribution >= 4 is 28.5 Å². The Kier molecular flexibility index (Phi) is 4.69. The lowest BCUT2D eigenvalue weighted by molar-refractivity contribution is 0.0918. The van der Waals surface area contributed by atoms with Crippen LogP contribution in [0.25, 0.3) is 11.0 Å². The molecule has 1 atom stereocenters. The minimum absolute atomic E-state index is 0.0103. The Labute approximate surface area is 180 Å². The van der Waals surface area contributed by atoms with Gasteiger partial charge in [0.25, 0.3) is 11.8 Å². The van der Waals surface area contributed by atoms with Crippen molar-refractivity contribution in [3.63, 3.8) is 0 Å². The van der Waals surface area contributed by atoms with Crippen molar-refractivity contribution in [3.05, 3.63) is 77.4 Å². The number of benzene rings is 1. The van der Waals surface area contributed by atoms with Crippen molar-refractivity contribution < 1.29 is 18.4 Å². The first kappa shape index (κ1) is 19.9. The first-order valence-corrected chi connectivity index (χ1v) is 9.97. The van der Waals surface area contributed by atoms with Crippen LogP contribution in [-0.2, 0) is 6.54 Å². The predicted octanol–water partition coefficient (Wildman–Crippen LogP) is 3.12. The molecule has 0 radical (unpaired) electrons. The molecule has 1 aliphatic heterocycles. The fourth-order valence-corrected chi connectivity index (χ4v) is 3.80. The van der Waals surface area contributed by atoms with Gasteiger partial charge in [0.05, 0.1) is 24.5 Å². The maximum atomic E-state index is 13.9. The number of anilines is 1. The highest BCUT2D eigenvalue weighted by Crippen LogP contribution is 2.25. The lowest BCUT2D eigenvalue weighted by Gasteiger charge is -2.23. The molecule has 1 aliphatic rings. The SMILES string of the molecule is C[C@@H]1CNC(=O)c2cc3ccc(C(=O)Nc4cnn(Cc5ccc(F)cc5F)c4)nc3n21. The number of nitrogens with one attached hydrogen (secondary N) is 2. The fourth-order valence-electron chi connectivity index (χ4n) is 3.80. The Morgan fingerprint density at radius 3 is 2.91 bits per heavy atom. The van der Waals surface area contributed by atoms with Gasteiger partial charge in [-0.2, -0.15) is 5.10 Å². The number of halogens is 2. The molecule has 4 aromatic rings. The van der Waals surface area contributed by atoms with E-state index in [0.29, 0.717) is 23.6 Å². The number of nitrogens with zero attached hydrogens (tertiary/aromatic N) is 4. The Hall–Kier alpha value is -4.08. The lowest BCUT2D eigenvalue weighted by Crippen LogP contribution is -2.37. The average molecular weight is 436 g/mol. The summed E-state index contributed by atoms with van der Waals surface area (Å²) >= 11 is 0. The number of hydrogen-bond donors (Lipinski definition) is 2. The van der Waals surface area contributed by atoms with Crippen molar-refractivity contribution in [3.8, 4) is 0 Å². The van der Waals surface area contributed by atoms with Gasteiger partial charge in [-0.15, -0.1) is 0 Å². The molecule has 0 saturated heterocycles. The molecule has 2 N–H and O–H groups in total. The Balaban J connectivity index is 1.36. The van der Waals surface area contributed by atoms with Gasteiger partial charge < -0.3 is 15.2 Å². The second kappa shape index (κ2) is 7.56. The molecule has 0 unspecified atom stereocenters. The average Bonchev–Trinajstić information content (AvgIpc) is 3.37. The van der Waals surface area contributed by atoms with Crippen LogP contribution < -0.4 is 10.6 Å². The molecule has 5 rings (SSSR count). The van der Waals surface area contributed by atoms with E-state index in [-0.39, 0.29) is 29.8 Å². The molecule has 2 amide bonds. The van der Waals surface area contributed by atoms with E-state index in [2.05, 4.69) is 20.7 Å². The monoisotopic (exact) mass is 436 g/mol. The van der Waals surface area contributed by atoms with Gasteiger partial charge in [-0.25, -0.2) is 13.8 Å². The number of amides is 2. The molecule has 10 heteroatoms. The Bertz CT molecular complexity index is 1380. The van der Waals surface area contributed by atoms with Gasteiger partial charge in [0.15, 0.2) is 0 Å². The summed E-state index contributed by atoms with van der Waals surface area (Å²) in [6.45, 7) is 2.54. The number of pyridine rings is 1. The van der Waals surface area contributed by atoms with Crippen LogP contribution in [0.5, 0.6) is 0 Å². The molecule has 0 bridgehead atoms. The summed E-state index contributed by atoms with van der Waals surface area (Å²) < 4.78 is 30.2. The van der Waals surface area contributed by atoms with Crippen LogP contribution in [0.1, 0.15) is 39.5 Å². The maximum Gasteiger partial charge on any atom is 0.274 e. The van der Waals surface area contributed by atoms with Gasteiger partial charge in [0.2, 0.25) is 0 Å². The normalized spacial score (nSPS) is 15.5. The minimum atomic E-state index is -0.665. The first-order valence-electron chi connectivity index (χ1n) is 9.97. The first-order chi connectivity index (χ1) is 15.4. The second-order valence-corrected chi connectivity index (χ2v) is 7.68. The molecule has 162 valence electrons. The fraction of sp³-hybridized carbons (Fsp3) is 0.182. The summed E-state index contributed by atoms with van der Waals surface area (Å²) in [6.07, 6.45) is 2.98. The van der Waals surface area contributed by atoms with E-state index >= 15 is 0 Å². The van der Waals surface area contributed by atoms with Gasteiger partial charge in [-0.3, -0.25) is 14.3 Å². The predicted molar refractivity (Wildman–Crippen MR) is 112 cm³/mol. The Morgan fingerprint density at radius 2 is 2.09 bits per heavy atom. The maximum absolute atomic E-state index is 13.9. The van der Waals surface area contributed by atoms with Crippen molar-refractivity contribution in [1.82, 2.24) is 24.6 Å². The van der Waals surface area contributed by atoms with E-state index in [9.17, 15) is 18.4 Å². The summed E-state index contributed by atoms with van der Waals surface area (Å²) in [7, 11) is 0. The molecule has 32 heavy (non-hydrogen) atoms. The summed E-state index contributed by atoms with van der Waals surface area (Å²) in [6, 6.07) is 8.45. The summed E-state index contributed by atoms with van der Waals surface area (Å²) in [5.74, 6) is -1.93. The molecule has 1 aromatic carbocycles. The van der Waals surface area contributed by atoms with E-state index in [1.54, 1.807) is 24.4 Å². The molecule has 0 spiro atoms. The summed E-state index contributed by atoms with van der Waals surface area (Å²) in [5, 5.41) is 10.4. The zero-order valence-electron chi connectivity index (χ0n) is 17.0. The van der Waals surface area contributed by atoms with Crippen molar-refractivity contribution in [2.75, 3.05) is 11.9 Å². The zero-order valence-corrected chi connectivity index (χ0v) is 17.0. The minimum Gasteiger partial charge on any atom is -0.349 e. The lowest BCUT2D eigenvalue weighted by atomic mass is 10.2.